The molecule has 2 N–H and O–H groups in total. The largest absolute Gasteiger partial charge is 0.335 e. The average molecular weight is 639 g/mol. The molecule has 0 amide bonds. The fourth-order valence-corrected chi connectivity index (χ4v) is 7.97. The number of fused-ring (bicyclic) bond motifs is 2. The van der Waals surface area contributed by atoms with Crippen molar-refractivity contribution in [3.63, 3.8) is 0 Å². The third-order valence-corrected chi connectivity index (χ3v) is 10.3. The monoisotopic (exact) mass is 637 g/mol. The number of benzene rings is 2. The Morgan fingerprint density at radius 3 is 2.24 bits per heavy atom. The lowest BCUT2D eigenvalue weighted by Gasteiger charge is -2.20. The number of thioether (sulfide) groups is 1. The molecule has 0 bridgehead atoms. The minimum Gasteiger partial charge on any atom is -0.335 e. The molecule has 0 unspecified atom stereocenters. The Bertz CT molecular complexity index is 1570. The molecule has 0 fully saturated rings. The van der Waals surface area contributed by atoms with Gasteiger partial charge in [0.1, 0.15) is 4.70 Å². The summed E-state index contributed by atoms with van der Waals surface area (Å²) in [5, 5.41) is 3.17. The Hall–Kier alpha value is -1.38. The van der Waals surface area contributed by atoms with Gasteiger partial charge in [-0.15, -0.1) is 0 Å². The number of nitrogens with zero attached hydrogens (tertiary/aromatic N) is 2. The quantitative estimate of drug-likeness (QED) is 0.138. The summed E-state index contributed by atoms with van der Waals surface area (Å²) in [4.78, 5) is 3.15. The molecule has 4 rings (SSSR count). The summed E-state index contributed by atoms with van der Waals surface area (Å²) >= 11 is 15.8. The van der Waals surface area contributed by atoms with Crippen LogP contribution in [0.4, 0.5) is 5.69 Å². The topological polar surface area (TPSA) is 116 Å². The average Bonchev–Trinajstić information content (AvgIpc) is 3.32. The minimum absolute atomic E-state index is 0.255. The molecule has 0 saturated heterocycles. The van der Waals surface area contributed by atoms with Crippen molar-refractivity contribution < 1.29 is 30.5 Å². The molecule has 206 valence electrons. The van der Waals surface area contributed by atoms with Gasteiger partial charge in [0.2, 0.25) is 5.52 Å². The third-order valence-electron chi connectivity index (χ3n) is 5.95. The van der Waals surface area contributed by atoms with Gasteiger partial charge in [-0.25, -0.2) is 0 Å². The molecule has 14 heteroatoms. The lowest BCUT2D eigenvalue weighted by Crippen LogP contribution is -2.35. The van der Waals surface area contributed by atoms with Crippen molar-refractivity contribution in [2.75, 3.05) is 23.0 Å². The maximum absolute atomic E-state index is 11.2. The molecule has 38 heavy (non-hydrogen) atoms. The van der Waals surface area contributed by atoms with Crippen molar-refractivity contribution in [1.82, 2.24) is 0 Å². The summed E-state index contributed by atoms with van der Waals surface area (Å²) in [6, 6.07) is 11.4. The summed E-state index contributed by atoms with van der Waals surface area (Å²) in [5.41, 5.74) is 1.92. The van der Waals surface area contributed by atoms with Crippen molar-refractivity contribution in [2.45, 2.75) is 43.5 Å². The van der Waals surface area contributed by atoms with Gasteiger partial charge in [0.15, 0.2) is 6.54 Å². The van der Waals surface area contributed by atoms with E-state index in [1.54, 1.807) is 23.1 Å². The number of halogens is 2. The second kappa shape index (κ2) is 12.4. The Balaban J connectivity index is 1.62. The highest BCUT2D eigenvalue weighted by atomic mass is 35.5. The van der Waals surface area contributed by atoms with E-state index in [2.05, 4.69) is 15.5 Å². The molecule has 1 aliphatic rings. The molecular formula is C24H27Cl2N2O6S4+. The normalized spacial score (nSPS) is 15.1. The molecule has 0 spiro atoms. The van der Waals surface area contributed by atoms with E-state index in [1.165, 1.54) is 0 Å². The highest BCUT2D eigenvalue weighted by Crippen LogP contribution is 2.48. The molecule has 3 aromatic rings. The summed E-state index contributed by atoms with van der Waals surface area (Å²) < 4.78 is 65.7. The molecule has 0 aliphatic carbocycles. The number of rotatable bonds is 12. The van der Waals surface area contributed by atoms with Gasteiger partial charge in [-0.1, -0.05) is 46.3 Å². The number of hydrogen-bond acceptors (Lipinski definition) is 7. The fourth-order valence-electron chi connectivity index (χ4n) is 4.22. The van der Waals surface area contributed by atoms with Crippen LogP contribution in [0.5, 0.6) is 0 Å². The fraction of sp³-hybridized carbons (Fsp3) is 0.375. The summed E-state index contributed by atoms with van der Waals surface area (Å²) in [6.07, 6.45) is 4.71. The predicted octanol–water partition coefficient (Wildman–Crippen LogP) is 6.13. The Kier molecular flexibility index (Phi) is 9.68. The van der Waals surface area contributed by atoms with Crippen LogP contribution in [-0.2, 0) is 26.8 Å². The van der Waals surface area contributed by atoms with E-state index in [0.717, 1.165) is 37.3 Å². The smallest absolute Gasteiger partial charge is 0.265 e. The van der Waals surface area contributed by atoms with Gasteiger partial charge in [-0.05, 0) is 56.0 Å². The van der Waals surface area contributed by atoms with E-state index in [0.29, 0.717) is 48.8 Å². The zero-order valence-corrected chi connectivity index (χ0v) is 25.0. The van der Waals surface area contributed by atoms with Crippen LogP contribution in [0.15, 0.2) is 46.3 Å². The molecule has 0 saturated carbocycles. The molecule has 2 heterocycles. The van der Waals surface area contributed by atoms with Crippen LogP contribution >= 0.6 is 46.3 Å². The van der Waals surface area contributed by atoms with Gasteiger partial charge < -0.3 is 4.90 Å². The van der Waals surface area contributed by atoms with Crippen LogP contribution in [0.1, 0.15) is 37.1 Å². The predicted molar refractivity (Wildman–Crippen MR) is 156 cm³/mol. The van der Waals surface area contributed by atoms with Gasteiger partial charge in [-0.2, -0.15) is 21.4 Å². The number of anilines is 1. The first-order valence-corrected chi connectivity index (χ1v) is 17.5. The highest BCUT2D eigenvalue weighted by molar-refractivity contribution is 8.04. The second-order valence-corrected chi connectivity index (χ2v) is 15.0. The molecule has 2 aromatic carbocycles. The number of thiazole rings is 1. The lowest BCUT2D eigenvalue weighted by atomic mass is 10.2. The number of aromatic nitrogens is 1. The van der Waals surface area contributed by atoms with Crippen LogP contribution in [-0.4, -0.2) is 44.0 Å². The maximum Gasteiger partial charge on any atom is 0.265 e. The van der Waals surface area contributed by atoms with Gasteiger partial charge in [0.05, 0.1) is 28.3 Å². The van der Waals surface area contributed by atoms with E-state index >= 15 is 0 Å². The first-order valence-electron chi connectivity index (χ1n) is 11.9. The van der Waals surface area contributed by atoms with E-state index in [4.69, 9.17) is 32.3 Å². The summed E-state index contributed by atoms with van der Waals surface area (Å²) in [6.45, 7) is 1.19. The number of aryl methyl sites for hydroxylation is 1. The zero-order chi connectivity index (χ0) is 27.5. The third kappa shape index (κ3) is 8.07. The SMILES string of the molecule is O=S(=O)(O)CCCCC[n+]1c(C=C2Sc3ccc(Cl)cc3N2CCCCS(=O)(=O)O)sc2ccc(Cl)cc21. The first-order chi connectivity index (χ1) is 17.9. The molecule has 0 atom stereocenters. The van der Waals surface area contributed by atoms with Crippen LogP contribution < -0.4 is 9.47 Å². The van der Waals surface area contributed by atoms with Crippen LogP contribution in [0.25, 0.3) is 16.3 Å². The molecule has 0 radical (unpaired) electrons. The zero-order valence-electron chi connectivity index (χ0n) is 20.2. The summed E-state index contributed by atoms with van der Waals surface area (Å²) in [7, 11) is -7.99. The Morgan fingerprint density at radius 1 is 0.868 bits per heavy atom. The molecule has 1 aliphatic heterocycles. The summed E-state index contributed by atoms with van der Waals surface area (Å²) in [5.74, 6) is -0.543. The minimum atomic E-state index is -4.01. The maximum atomic E-state index is 11.2. The van der Waals surface area contributed by atoms with Crippen LogP contribution in [0, 0.1) is 0 Å². The van der Waals surface area contributed by atoms with Crippen molar-refractivity contribution in [2.24, 2.45) is 0 Å². The van der Waals surface area contributed by atoms with Crippen LogP contribution in [0.2, 0.25) is 10.0 Å². The van der Waals surface area contributed by atoms with Gasteiger partial charge >= 0.3 is 0 Å². The van der Waals surface area contributed by atoms with E-state index in [9.17, 15) is 16.8 Å². The first kappa shape index (κ1) is 29.6. The van der Waals surface area contributed by atoms with Crippen molar-refractivity contribution in [3.8, 4) is 0 Å². The Labute approximate surface area is 240 Å². The molecular weight excluding hydrogens is 611 g/mol. The van der Waals surface area contributed by atoms with Crippen molar-refractivity contribution in [1.29, 1.82) is 0 Å². The highest BCUT2D eigenvalue weighted by Gasteiger charge is 2.28. The Morgan fingerprint density at radius 2 is 1.53 bits per heavy atom. The van der Waals surface area contributed by atoms with E-state index in [1.807, 2.05) is 36.4 Å². The van der Waals surface area contributed by atoms with Gasteiger partial charge in [-0.3, -0.25) is 9.11 Å². The molecule has 1 aromatic heterocycles. The molecule has 8 nitrogen and oxygen atoms in total. The van der Waals surface area contributed by atoms with E-state index in [-0.39, 0.29) is 11.5 Å². The van der Waals surface area contributed by atoms with Crippen molar-refractivity contribution in [3.05, 3.63) is 56.5 Å². The van der Waals surface area contributed by atoms with Gasteiger partial charge in [0, 0.05) is 34.0 Å². The standard InChI is InChI=1S/C24H26Cl2N2O6S4/c25-17-6-8-21-19(14-17)27(10-2-1-4-12-37(29,30)31)23(35-21)16-24-28(11-3-5-13-38(32,33)34)20-15-18(26)7-9-22(20)36-24/h6-9,14-16H,1-5,10-13H2,(H-,29,30,31,32,33,34)/p+1. The second-order valence-electron chi connectivity index (χ2n) is 8.89. The van der Waals surface area contributed by atoms with E-state index < -0.39 is 20.2 Å². The van der Waals surface area contributed by atoms with Crippen molar-refractivity contribution >= 4 is 88.5 Å². The van der Waals surface area contributed by atoms with Crippen LogP contribution in [0.3, 0.4) is 0 Å². The lowest BCUT2D eigenvalue weighted by molar-refractivity contribution is -0.669. The number of unbranched alkanes of at least 4 members (excludes halogenated alkanes) is 3. The number of hydrogen-bond donors (Lipinski definition) is 2. The van der Waals surface area contributed by atoms with Gasteiger partial charge in [0.25, 0.3) is 25.2 Å².